The van der Waals surface area contributed by atoms with Gasteiger partial charge in [-0.15, -0.1) is 0 Å². The van der Waals surface area contributed by atoms with Crippen LogP contribution in [0.1, 0.15) is 42.4 Å². The second-order valence-corrected chi connectivity index (χ2v) is 9.04. The van der Waals surface area contributed by atoms with Crippen molar-refractivity contribution in [2.75, 3.05) is 6.54 Å². The molecular weight excluding hydrogens is 430 g/mol. The van der Waals surface area contributed by atoms with E-state index in [2.05, 4.69) is 39.3 Å². The number of aryl methyl sites for hydroxylation is 2. The molecule has 1 fully saturated rings. The minimum Gasteiger partial charge on any atom is -0.490 e. The summed E-state index contributed by atoms with van der Waals surface area (Å²) in [5, 5.41) is 3.47. The van der Waals surface area contributed by atoms with Gasteiger partial charge in [-0.05, 0) is 62.3 Å². The predicted octanol–water partition coefficient (Wildman–Crippen LogP) is 3.31. The van der Waals surface area contributed by atoms with Crippen LogP contribution >= 0.6 is 0 Å². The van der Waals surface area contributed by atoms with Gasteiger partial charge >= 0.3 is 5.69 Å². The maximum Gasteiger partial charge on any atom is 0.349 e. The zero-order chi connectivity index (χ0) is 23.7. The number of rotatable bonds is 7. The van der Waals surface area contributed by atoms with Gasteiger partial charge in [0.05, 0.1) is 17.1 Å². The molecule has 1 aliphatic carbocycles. The van der Waals surface area contributed by atoms with Crippen molar-refractivity contribution in [3.63, 3.8) is 0 Å². The summed E-state index contributed by atoms with van der Waals surface area (Å²) in [4.78, 5) is 35.5. The Balaban J connectivity index is 1.52. The van der Waals surface area contributed by atoms with E-state index in [9.17, 15) is 9.59 Å². The van der Waals surface area contributed by atoms with Crippen molar-refractivity contribution in [3.8, 4) is 17.3 Å². The van der Waals surface area contributed by atoms with Crippen LogP contribution in [0.2, 0.25) is 0 Å². The highest BCUT2D eigenvalue weighted by Gasteiger charge is 2.22. The smallest absolute Gasteiger partial charge is 0.349 e. The van der Waals surface area contributed by atoms with Crippen molar-refractivity contribution in [1.29, 1.82) is 0 Å². The van der Waals surface area contributed by atoms with E-state index in [4.69, 9.17) is 4.74 Å². The van der Waals surface area contributed by atoms with E-state index >= 15 is 0 Å². The van der Waals surface area contributed by atoms with Gasteiger partial charge in [-0.1, -0.05) is 24.3 Å². The number of fused-ring (bicyclic) bond motifs is 2. The first-order valence-electron chi connectivity index (χ1n) is 11.9. The van der Waals surface area contributed by atoms with Crippen LogP contribution in [0.15, 0.2) is 46.0 Å². The Morgan fingerprint density at radius 3 is 2.68 bits per heavy atom. The molecule has 2 N–H and O–H groups in total. The second kappa shape index (κ2) is 9.38. The molecule has 0 amide bonds. The van der Waals surface area contributed by atoms with Crippen molar-refractivity contribution >= 4 is 11.0 Å². The molecule has 0 spiro atoms. The van der Waals surface area contributed by atoms with Gasteiger partial charge in [-0.3, -0.25) is 9.78 Å². The predicted molar refractivity (Wildman–Crippen MR) is 132 cm³/mol. The van der Waals surface area contributed by atoms with E-state index in [-0.39, 0.29) is 17.6 Å². The Bertz CT molecular complexity index is 1420. The van der Waals surface area contributed by atoms with Crippen molar-refractivity contribution in [3.05, 3.63) is 73.9 Å². The first-order valence-corrected chi connectivity index (χ1v) is 11.9. The molecule has 1 saturated carbocycles. The van der Waals surface area contributed by atoms with E-state index < -0.39 is 11.2 Å². The Hall–Kier alpha value is -3.52. The van der Waals surface area contributed by atoms with E-state index in [1.807, 2.05) is 35.8 Å². The standard InChI is InChI=1S/C26H29N5O3/c1-16-7-3-4-8-18(16)15-27-11-12-31-21-14-22(34-19-9-5-6-10-19)17(2)13-20(21)28-23-24(31)29-26(33)30-25(23)32/h3-4,7-8,13-14,19,27H,5-6,9-12,15H2,1-2H3,(H,30,32,33). The van der Waals surface area contributed by atoms with Crippen LogP contribution in [0, 0.1) is 13.8 Å². The highest BCUT2D eigenvalue weighted by atomic mass is 16.5. The first kappa shape index (κ1) is 22.3. The summed E-state index contributed by atoms with van der Waals surface area (Å²) in [6.07, 6.45) is 4.73. The number of hydrogen-bond donors (Lipinski definition) is 2. The molecule has 0 atom stereocenters. The Morgan fingerprint density at radius 1 is 1.09 bits per heavy atom. The molecule has 2 aliphatic heterocycles. The molecule has 0 saturated heterocycles. The lowest BCUT2D eigenvalue weighted by molar-refractivity contribution is 0.209. The molecular formula is C26H29N5O3. The third-order valence-corrected chi connectivity index (χ3v) is 6.59. The second-order valence-electron chi connectivity index (χ2n) is 9.04. The minimum absolute atomic E-state index is 0.162. The largest absolute Gasteiger partial charge is 0.490 e. The van der Waals surface area contributed by atoms with E-state index in [0.29, 0.717) is 18.6 Å². The summed E-state index contributed by atoms with van der Waals surface area (Å²) in [6.45, 7) is 5.96. The molecule has 3 aliphatic rings. The highest BCUT2D eigenvalue weighted by Crippen LogP contribution is 2.31. The van der Waals surface area contributed by atoms with Crippen molar-refractivity contribution in [1.82, 2.24) is 24.8 Å². The quantitative estimate of drug-likeness (QED) is 0.325. The molecule has 8 heteroatoms. The van der Waals surface area contributed by atoms with Crippen LogP contribution in [-0.2, 0) is 13.1 Å². The third-order valence-electron chi connectivity index (χ3n) is 6.59. The fraction of sp³-hybridized carbons (Fsp3) is 0.385. The molecule has 2 heterocycles. The molecule has 5 rings (SSSR count). The molecule has 0 unspecified atom stereocenters. The van der Waals surface area contributed by atoms with Crippen LogP contribution in [0.5, 0.6) is 5.75 Å². The zero-order valence-corrected chi connectivity index (χ0v) is 19.6. The van der Waals surface area contributed by atoms with Gasteiger partial charge in [0.25, 0.3) is 5.56 Å². The maximum absolute atomic E-state index is 12.5. The molecule has 0 bridgehead atoms. The Labute approximate surface area is 197 Å². The van der Waals surface area contributed by atoms with Gasteiger partial charge in [0.1, 0.15) is 5.75 Å². The Kier molecular flexibility index (Phi) is 6.15. The normalized spacial score (nSPS) is 14.3. The lowest BCUT2D eigenvalue weighted by Crippen LogP contribution is -2.30. The average Bonchev–Trinajstić information content (AvgIpc) is 3.32. The zero-order valence-electron chi connectivity index (χ0n) is 19.6. The molecule has 176 valence electrons. The van der Waals surface area contributed by atoms with Crippen molar-refractivity contribution in [2.24, 2.45) is 0 Å². The maximum atomic E-state index is 12.5. The van der Waals surface area contributed by atoms with Gasteiger partial charge < -0.3 is 14.6 Å². The van der Waals surface area contributed by atoms with Crippen LogP contribution in [0.4, 0.5) is 0 Å². The molecule has 2 aromatic carbocycles. The summed E-state index contributed by atoms with van der Waals surface area (Å²) in [6, 6.07) is 12.2. The Morgan fingerprint density at radius 2 is 1.88 bits per heavy atom. The number of hydrogen-bond acceptors (Lipinski definition) is 6. The topological polar surface area (TPSA) is 102 Å². The van der Waals surface area contributed by atoms with Crippen LogP contribution < -0.4 is 21.3 Å². The van der Waals surface area contributed by atoms with Crippen LogP contribution in [0.3, 0.4) is 0 Å². The fourth-order valence-electron chi connectivity index (χ4n) is 4.69. The third kappa shape index (κ3) is 4.46. The number of aromatic nitrogens is 4. The lowest BCUT2D eigenvalue weighted by atomic mass is 10.1. The van der Waals surface area contributed by atoms with E-state index in [1.165, 1.54) is 24.0 Å². The van der Waals surface area contributed by atoms with E-state index in [1.54, 1.807) is 0 Å². The number of nitrogens with zero attached hydrogens (tertiary/aromatic N) is 3. The number of aromatic amines is 1. The lowest BCUT2D eigenvalue weighted by Gasteiger charge is -2.20. The summed E-state index contributed by atoms with van der Waals surface area (Å²) < 4.78 is 8.22. The minimum atomic E-state index is -0.671. The van der Waals surface area contributed by atoms with Gasteiger partial charge in [0, 0.05) is 25.7 Å². The van der Waals surface area contributed by atoms with Gasteiger partial charge in [-0.2, -0.15) is 4.98 Å². The summed E-state index contributed by atoms with van der Waals surface area (Å²) in [7, 11) is 0. The monoisotopic (exact) mass is 459 g/mol. The molecule has 34 heavy (non-hydrogen) atoms. The summed E-state index contributed by atoms with van der Waals surface area (Å²) >= 11 is 0. The number of benzene rings is 2. The van der Waals surface area contributed by atoms with Gasteiger partial charge in [0.15, 0.2) is 11.5 Å². The number of nitrogens with one attached hydrogen (secondary N) is 2. The average molecular weight is 460 g/mol. The number of ether oxygens (including phenoxy) is 1. The summed E-state index contributed by atoms with van der Waals surface area (Å²) in [5.41, 5.74) is 3.87. The van der Waals surface area contributed by atoms with Crippen LogP contribution in [-0.4, -0.2) is 32.2 Å². The SMILES string of the molecule is Cc1ccccc1CNCCn1c2nc(=O)[nH]c(=O)c-2nc2cc(C)c(OC3CCCC3)cc21. The van der Waals surface area contributed by atoms with Crippen molar-refractivity contribution < 1.29 is 4.74 Å². The number of H-pyrrole nitrogens is 1. The summed E-state index contributed by atoms with van der Waals surface area (Å²) in [5.74, 6) is 1.10. The highest BCUT2D eigenvalue weighted by molar-refractivity contribution is 5.82. The van der Waals surface area contributed by atoms with Crippen LogP contribution in [0.25, 0.3) is 22.6 Å². The first-order chi connectivity index (χ1) is 16.5. The van der Waals surface area contributed by atoms with E-state index in [0.717, 1.165) is 36.2 Å². The van der Waals surface area contributed by atoms with Crippen molar-refractivity contribution in [2.45, 2.75) is 58.7 Å². The molecule has 0 aromatic heterocycles. The molecule has 8 nitrogen and oxygen atoms in total. The van der Waals surface area contributed by atoms with Gasteiger partial charge in [0.2, 0.25) is 0 Å². The molecule has 0 radical (unpaired) electrons. The fourth-order valence-corrected chi connectivity index (χ4v) is 4.69. The van der Waals surface area contributed by atoms with Gasteiger partial charge in [-0.25, -0.2) is 9.78 Å². The molecule has 2 aromatic rings.